The number of hydrogen-bond acceptors (Lipinski definition) is 4. The zero-order valence-electron chi connectivity index (χ0n) is 17.0. The summed E-state index contributed by atoms with van der Waals surface area (Å²) >= 11 is 5.88. The van der Waals surface area contributed by atoms with Crippen molar-refractivity contribution in [2.24, 2.45) is 5.92 Å². The molecule has 29 heavy (non-hydrogen) atoms. The van der Waals surface area contributed by atoms with Crippen LogP contribution in [0.3, 0.4) is 0 Å². The number of rotatable bonds is 7. The molecule has 2 aromatic rings. The van der Waals surface area contributed by atoms with Gasteiger partial charge in [0.1, 0.15) is 0 Å². The molecule has 1 fully saturated rings. The number of aromatic nitrogens is 1. The van der Waals surface area contributed by atoms with Crippen LogP contribution in [0.1, 0.15) is 45.1 Å². The van der Waals surface area contributed by atoms with Crippen molar-refractivity contribution in [3.63, 3.8) is 0 Å². The standard InChI is InChI=1S/C22H29N3O2S2/c1-3-24-21(28)22(18-10-9-15-23-16-18)14-8-7-13-20(22)17(2)25-29(26,27)19-11-5-4-6-12-19/h4-6,9-12,15-17,20,25H,3,7-8,13-14H2,1-2H3,(H,24,28)/t17?,20-,22-/m1/s1. The van der Waals surface area contributed by atoms with E-state index in [2.05, 4.69) is 21.1 Å². The van der Waals surface area contributed by atoms with Crippen molar-refractivity contribution < 1.29 is 8.42 Å². The van der Waals surface area contributed by atoms with Crippen LogP contribution in [0.4, 0.5) is 0 Å². The van der Waals surface area contributed by atoms with Crippen LogP contribution in [0.15, 0.2) is 59.8 Å². The lowest BCUT2D eigenvalue weighted by Gasteiger charge is -2.47. The molecule has 0 aliphatic heterocycles. The molecule has 1 heterocycles. The fraction of sp³-hybridized carbons (Fsp3) is 0.455. The lowest BCUT2D eigenvalue weighted by atomic mass is 9.60. The van der Waals surface area contributed by atoms with Crippen LogP contribution in [0.5, 0.6) is 0 Å². The van der Waals surface area contributed by atoms with Gasteiger partial charge in [0, 0.05) is 25.0 Å². The fourth-order valence-corrected chi connectivity index (χ4v) is 6.41. The van der Waals surface area contributed by atoms with E-state index in [0.29, 0.717) is 0 Å². The molecule has 1 unspecified atom stereocenters. The smallest absolute Gasteiger partial charge is 0.240 e. The van der Waals surface area contributed by atoms with E-state index in [-0.39, 0.29) is 16.9 Å². The SMILES string of the molecule is CCNC(=S)[C@@]1(c2cccnc2)CCCC[C@@H]1C(C)NS(=O)(=O)c1ccccc1. The van der Waals surface area contributed by atoms with Crippen molar-refractivity contribution in [1.82, 2.24) is 15.0 Å². The molecule has 1 aliphatic rings. The van der Waals surface area contributed by atoms with E-state index >= 15 is 0 Å². The normalized spacial score (nSPS) is 23.3. The van der Waals surface area contributed by atoms with E-state index in [1.54, 1.807) is 30.5 Å². The number of benzene rings is 1. The highest BCUT2D eigenvalue weighted by Crippen LogP contribution is 2.46. The number of pyridine rings is 1. The largest absolute Gasteiger partial charge is 0.379 e. The highest BCUT2D eigenvalue weighted by molar-refractivity contribution is 7.89. The summed E-state index contributed by atoms with van der Waals surface area (Å²) in [6, 6.07) is 12.2. The van der Waals surface area contributed by atoms with Gasteiger partial charge in [-0.1, -0.05) is 49.3 Å². The monoisotopic (exact) mass is 431 g/mol. The zero-order chi connectivity index (χ0) is 20.9. The maximum Gasteiger partial charge on any atom is 0.240 e. The maximum atomic E-state index is 13.0. The highest BCUT2D eigenvalue weighted by Gasteiger charge is 2.48. The summed E-state index contributed by atoms with van der Waals surface area (Å²) in [6.45, 7) is 4.72. The quantitative estimate of drug-likeness (QED) is 0.652. The first-order valence-electron chi connectivity index (χ1n) is 10.2. The molecular weight excluding hydrogens is 402 g/mol. The molecule has 3 atom stereocenters. The van der Waals surface area contributed by atoms with Gasteiger partial charge < -0.3 is 5.32 Å². The summed E-state index contributed by atoms with van der Waals surface area (Å²) < 4.78 is 28.8. The lowest BCUT2D eigenvalue weighted by Crippen LogP contribution is -2.56. The Morgan fingerprint density at radius 2 is 2.00 bits per heavy atom. The molecule has 0 bridgehead atoms. The first kappa shape index (κ1) is 21.9. The van der Waals surface area contributed by atoms with Gasteiger partial charge >= 0.3 is 0 Å². The Labute approximate surface area is 179 Å². The highest BCUT2D eigenvalue weighted by atomic mass is 32.2. The molecule has 0 radical (unpaired) electrons. The van der Waals surface area contributed by atoms with E-state index in [4.69, 9.17) is 12.2 Å². The Morgan fingerprint density at radius 1 is 1.24 bits per heavy atom. The predicted octanol–water partition coefficient (Wildman–Crippen LogP) is 3.81. The summed E-state index contributed by atoms with van der Waals surface area (Å²) in [7, 11) is -3.61. The lowest BCUT2D eigenvalue weighted by molar-refractivity contribution is 0.212. The average Bonchev–Trinajstić information content (AvgIpc) is 2.74. The third-order valence-electron chi connectivity index (χ3n) is 5.89. The second-order valence-electron chi connectivity index (χ2n) is 7.65. The average molecular weight is 432 g/mol. The van der Waals surface area contributed by atoms with Gasteiger partial charge in [0.05, 0.1) is 15.3 Å². The minimum Gasteiger partial charge on any atom is -0.379 e. The molecule has 156 valence electrons. The summed E-state index contributed by atoms with van der Waals surface area (Å²) in [5.41, 5.74) is 0.623. The second kappa shape index (κ2) is 9.32. The number of sulfonamides is 1. The van der Waals surface area contributed by atoms with E-state index in [1.807, 2.05) is 32.2 Å². The van der Waals surface area contributed by atoms with Gasteiger partial charge in [-0.2, -0.15) is 0 Å². The molecule has 0 amide bonds. The van der Waals surface area contributed by atoms with Gasteiger partial charge in [-0.25, -0.2) is 13.1 Å². The number of hydrogen-bond donors (Lipinski definition) is 2. The second-order valence-corrected chi connectivity index (χ2v) is 9.77. The van der Waals surface area contributed by atoms with Crippen LogP contribution in [0.25, 0.3) is 0 Å². The van der Waals surface area contributed by atoms with Gasteiger partial charge in [0.15, 0.2) is 0 Å². The summed E-state index contributed by atoms with van der Waals surface area (Å²) in [5, 5.41) is 3.36. The minimum atomic E-state index is -3.61. The number of thiocarbonyl (C=S) groups is 1. The Balaban J connectivity index is 1.99. The van der Waals surface area contributed by atoms with Crippen LogP contribution in [0, 0.1) is 5.92 Å². The number of nitrogens with zero attached hydrogens (tertiary/aromatic N) is 1. The van der Waals surface area contributed by atoms with Crippen LogP contribution >= 0.6 is 12.2 Å². The molecule has 2 N–H and O–H groups in total. The summed E-state index contributed by atoms with van der Waals surface area (Å²) in [6.07, 6.45) is 7.52. The molecule has 1 saturated carbocycles. The van der Waals surface area contributed by atoms with Crippen LogP contribution in [-0.4, -0.2) is 31.0 Å². The zero-order valence-corrected chi connectivity index (χ0v) is 18.6. The first-order chi connectivity index (χ1) is 13.9. The van der Waals surface area contributed by atoms with Gasteiger partial charge in [-0.3, -0.25) is 4.98 Å². The molecule has 1 aliphatic carbocycles. The topological polar surface area (TPSA) is 71.1 Å². The summed E-state index contributed by atoms with van der Waals surface area (Å²) in [5.74, 6) is 0.0329. The van der Waals surface area contributed by atoms with Gasteiger partial charge in [0.2, 0.25) is 10.0 Å². The Hall–Kier alpha value is -1.83. The number of nitrogens with one attached hydrogen (secondary N) is 2. The van der Waals surface area contributed by atoms with E-state index in [9.17, 15) is 8.42 Å². The van der Waals surface area contributed by atoms with E-state index in [0.717, 1.165) is 42.8 Å². The van der Waals surface area contributed by atoms with Gasteiger partial charge in [-0.15, -0.1) is 0 Å². The van der Waals surface area contributed by atoms with Crippen LogP contribution in [0.2, 0.25) is 0 Å². The van der Waals surface area contributed by atoms with Crippen LogP contribution in [-0.2, 0) is 15.4 Å². The maximum absolute atomic E-state index is 13.0. The molecular formula is C22H29N3O2S2. The molecule has 7 heteroatoms. The molecule has 0 spiro atoms. The van der Waals surface area contributed by atoms with Crippen molar-refractivity contribution in [2.45, 2.75) is 55.9 Å². The third-order valence-corrected chi connectivity index (χ3v) is 7.97. The Morgan fingerprint density at radius 3 is 2.66 bits per heavy atom. The third kappa shape index (κ3) is 4.52. The first-order valence-corrected chi connectivity index (χ1v) is 12.1. The van der Waals surface area contributed by atoms with E-state index < -0.39 is 15.4 Å². The van der Waals surface area contributed by atoms with Crippen molar-refractivity contribution in [1.29, 1.82) is 0 Å². The fourth-order valence-electron chi connectivity index (χ4n) is 4.59. The molecule has 0 saturated heterocycles. The van der Waals surface area contributed by atoms with Crippen molar-refractivity contribution >= 4 is 27.2 Å². The van der Waals surface area contributed by atoms with Crippen LogP contribution < -0.4 is 10.0 Å². The van der Waals surface area contributed by atoms with Gasteiger partial charge in [-0.05, 0) is 56.4 Å². The molecule has 3 rings (SSSR count). The van der Waals surface area contributed by atoms with Crippen molar-refractivity contribution in [2.75, 3.05) is 6.54 Å². The molecule has 1 aromatic heterocycles. The predicted molar refractivity (Wildman–Crippen MR) is 120 cm³/mol. The number of likely N-dealkylation sites (N-methyl/N-ethyl adjacent to an activating group) is 1. The minimum absolute atomic E-state index is 0.0329. The Bertz CT molecular complexity index is 920. The van der Waals surface area contributed by atoms with Crippen molar-refractivity contribution in [3.05, 3.63) is 60.4 Å². The summed E-state index contributed by atoms with van der Waals surface area (Å²) in [4.78, 5) is 5.40. The molecule has 1 aromatic carbocycles. The van der Waals surface area contributed by atoms with E-state index in [1.165, 1.54) is 0 Å². The Kier molecular flexibility index (Phi) is 7.03. The van der Waals surface area contributed by atoms with Gasteiger partial charge in [0.25, 0.3) is 0 Å². The van der Waals surface area contributed by atoms with Crippen molar-refractivity contribution in [3.8, 4) is 0 Å². The molecule has 5 nitrogen and oxygen atoms in total.